The van der Waals surface area contributed by atoms with Gasteiger partial charge >= 0.3 is 0 Å². The van der Waals surface area contributed by atoms with E-state index < -0.39 is 17.0 Å². The number of nitrogens with one attached hydrogen (secondary N) is 2. The number of hydrogen-bond donors (Lipinski definition) is 2. The quantitative estimate of drug-likeness (QED) is 0.763. The Morgan fingerprint density at radius 1 is 1.25 bits per heavy atom. The largest absolute Gasteiger partial charge is 0.380 e. The van der Waals surface area contributed by atoms with Gasteiger partial charge in [-0.15, -0.1) is 0 Å². The number of fused-ring (bicyclic) bond motifs is 1. The summed E-state index contributed by atoms with van der Waals surface area (Å²) in [6.45, 7) is 2.54. The first-order valence-corrected chi connectivity index (χ1v) is 7.05. The first-order valence-electron chi connectivity index (χ1n) is 7.05. The predicted molar refractivity (Wildman–Crippen MR) is 73.5 cm³/mol. The van der Waals surface area contributed by atoms with Crippen LogP contribution >= 0.6 is 0 Å². The van der Waals surface area contributed by atoms with Gasteiger partial charge in [-0.25, -0.2) is 8.78 Å². The van der Waals surface area contributed by atoms with Crippen molar-refractivity contribution in [3.05, 3.63) is 23.8 Å². The Bertz CT molecular complexity index is 551. The maximum Gasteiger partial charge on any atom is 0.232 e. The maximum atomic E-state index is 13.8. The smallest absolute Gasteiger partial charge is 0.232 e. The van der Waals surface area contributed by atoms with Crippen LogP contribution in [0.2, 0.25) is 0 Å². The molecule has 1 saturated carbocycles. The Balaban J connectivity index is 1.92. The molecule has 3 nitrogen and oxygen atoms in total. The molecule has 0 radical (unpaired) electrons. The van der Waals surface area contributed by atoms with Crippen molar-refractivity contribution in [2.45, 2.75) is 32.6 Å². The minimum absolute atomic E-state index is 0.0637. The van der Waals surface area contributed by atoms with Crippen LogP contribution in [0.5, 0.6) is 0 Å². The Morgan fingerprint density at radius 3 is 2.65 bits per heavy atom. The van der Waals surface area contributed by atoms with Crippen molar-refractivity contribution < 1.29 is 13.6 Å². The highest BCUT2D eigenvalue weighted by atomic mass is 19.2. The van der Waals surface area contributed by atoms with Gasteiger partial charge in [0.1, 0.15) is 0 Å². The number of halogens is 2. The number of amides is 1. The highest BCUT2D eigenvalue weighted by Crippen LogP contribution is 2.43. The third-order valence-electron chi connectivity index (χ3n) is 4.66. The van der Waals surface area contributed by atoms with E-state index >= 15 is 0 Å². The van der Waals surface area contributed by atoms with Crippen LogP contribution in [-0.2, 0) is 4.79 Å². The molecule has 0 atom stereocenters. The predicted octanol–water partition coefficient (Wildman–Crippen LogP) is 3.53. The first kappa shape index (κ1) is 13.3. The van der Waals surface area contributed by atoms with Gasteiger partial charge in [0, 0.05) is 6.54 Å². The fourth-order valence-corrected chi connectivity index (χ4v) is 3.14. The second-order valence-electron chi connectivity index (χ2n) is 6.05. The van der Waals surface area contributed by atoms with Crippen molar-refractivity contribution in [1.29, 1.82) is 0 Å². The zero-order chi connectivity index (χ0) is 14.3. The van der Waals surface area contributed by atoms with E-state index in [0.717, 1.165) is 31.7 Å². The molecule has 0 saturated heterocycles. The monoisotopic (exact) mass is 280 g/mol. The maximum absolute atomic E-state index is 13.8. The average molecular weight is 280 g/mol. The van der Waals surface area contributed by atoms with E-state index in [1.54, 1.807) is 0 Å². The topological polar surface area (TPSA) is 41.1 Å². The van der Waals surface area contributed by atoms with Crippen molar-refractivity contribution in [3.8, 4) is 0 Å². The van der Waals surface area contributed by atoms with Gasteiger partial charge in [0.05, 0.1) is 16.8 Å². The minimum Gasteiger partial charge on any atom is -0.380 e. The number of carbonyl (C=O) groups excluding carboxylic acids is 1. The van der Waals surface area contributed by atoms with E-state index in [9.17, 15) is 13.6 Å². The molecule has 1 amide bonds. The molecule has 0 unspecified atom stereocenters. The van der Waals surface area contributed by atoms with E-state index in [-0.39, 0.29) is 11.6 Å². The van der Waals surface area contributed by atoms with Gasteiger partial charge in [-0.1, -0.05) is 6.92 Å². The Morgan fingerprint density at radius 2 is 1.95 bits per heavy atom. The third kappa shape index (κ3) is 2.05. The molecular weight excluding hydrogens is 262 g/mol. The number of rotatable bonds is 0. The first-order chi connectivity index (χ1) is 9.52. The van der Waals surface area contributed by atoms with Crippen LogP contribution < -0.4 is 10.6 Å². The molecule has 3 rings (SSSR count). The van der Waals surface area contributed by atoms with Gasteiger partial charge in [0.25, 0.3) is 0 Å². The van der Waals surface area contributed by atoms with Crippen molar-refractivity contribution in [1.82, 2.24) is 0 Å². The minimum atomic E-state index is -0.927. The second-order valence-corrected chi connectivity index (χ2v) is 6.05. The lowest BCUT2D eigenvalue weighted by Gasteiger charge is -2.36. The van der Waals surface area contributed by atoms with Crippen molar-refractivity contribution in [3.63, 3.8) is 0 Å². The Kier molecular flexibility index (Phi) is 3.15. The van der Waals surface area contributed by atoms with Crippen molar-refractivity contribution >= 4 is 17.3 Å². The summed E-state index contributed by atoms with van der Waals surface area (Å²) in [5.41, 5.74) is -0.118. The number of anilines is 2. The van der Waals surface area contributed by atoms with Gasteiger partial charge in [0.15, 0.2) is 11.6 Å². The summed E-state index contributed by atoms with van der Waals surface area (Å²) in [5, 5.41) is 5.70. The summed E-state index contributed by atoms with van der Waals surface area (Å²) in [6.07, 6.45) is 3.54. The molecule has 1 aromatic carbocycles. The van der Waals surface area contributed by atoms with Crippen LogP contribution in [0.1, 0.15) is 32.6 Å². The zero-order valence-corrected chi connectivity index (χ0v) is 11.4. The molecule has 1 aliphatic heterocycles. The normalized spacial score (nSPS) is 29.4. The van der Waals surface area contributed by atoms with Gasteiger partial charge in [-0.2, -0.15) is 0 Å². The molecule has 1 heterocycles. The molecule has 0 aromatic heterocycles. The summed E-state index contributed by atoms with van der Waals surface area (Å²) in [5.74, 6) is -1.29. The molecular formula is C15H18F2N2O. The Labute approximate surface area is 116 Å². The summed E-state index contributed by atoms with van der Waals surface area (Å²) in [6, 6.07) is 2.44. The molecule has 108 valence electrons. The fraction of sp³-hybridized carbons (Fsp3) is 0.533. The van der Waals surface area contributed by atoms with E-state index in [0.29, 0.717) is 18.2 Å². The molecule has 1 spiro atoms. The van der Waals surface area contributed by atoms with Crippen LogP contribution in [0, 0.1) is 23.0 Å². The van der Waals surface area contributed by atoms with E-state index in [2.05, 4.69) is 17.6 Å². The van der Waals surface area contributed by atoms with Gasteiger partial charge in [0.2, 0.25) is 5.91 Å². The SMILES string of the molecule is CC1CCC2(CC1)CNc1c(ccc(F)c1F)NC2=O. The molecule has 0 bridgehead atoms. The van der Waals surface area contributed by atoms with Gasteiger partial charge < -0.3 is 10.6 Å². The molecule has 1 fully saturated rings. The van der Waals surface area contributed by atoms with Crippen LogP contribution in [0.15, 0.2) is 12.1 Å². The second kappa shape index (κ2) is 4.72. The highest BCUT2D eigenvalue weighted by molar-refractivity contribution is 6.00. The molecule has 1 aliphatic carbocycles. The lowest BCUT2D eigenvalue weighted by molar-refractivity contribution is -0.126. The highest BCUT2D eigenvalue weighted by Gasteiger charge is 2.43. The third-order valence-corrected chi connectivity index (χ3v) is 4.66. The molecule has 5 heteroatoms. The summed E-state index contributed by atoms with van der Waals surface area (Å²) in [4.78, 5) is 12.5. The van der Waals surface area contributed by atoms with E-state index in [1.165, 1.54) is 6.07 Å². The van der Waals surface area contributed by atoms with Gasteiger partial charge in [-0.05, 0) is 43.7 Å². The molecule has 2 aliphatic rings. The fourth-order valence-electron chi connectivity index (χ4n) is 3.14. The molecule has 20 heavy (non-hydrogen) atoms. The lowest BCUT2D eigenvalue weighted by atomic mass is 9.70. The summed E-state index contributed by atoms with van der Waals surface area (Å²) < 4.78 is 27.1. The number of carbonyl (C=O) groups is 1. The van der Waals surface area contributed by atoms with E-state index in [4.69, 9.17) is 0 Å². The Hall–Kier alpha value is -1.65. The average Bonchev–Trinajstić information content (AvgIpc) is 2.57. The van der Waals surface area contributed by atoms with Crippen LogP contribution in [0.4, 0.5) is 20.2 Å². The van der Waals surface area contributed by atoms with Crippen LogP contribution in [-0.4, -0.2) is 12.5 Å². The zero-order valence-electron chi connectivity index (χ0n) is 11.4. The number of benzene rings is 1. The van der Waals surface area contributed by atoms with Crippen molar-refractivity contribution in [2.75, 3.05) is 17.2 Å². The van der Waals surface area contributed by atoms with Gasteiger partial charge in [-0.3, -0.25) is 4.79 Å². The summed E-state index contributed by atoms with van der Waals surface area (Å²) >= 11 is 0. The lowest BCUT2D eigenvalue weighted by Crippen LogP contribution is -2.42. The summed E-state index contributed by atoms with van der Waals surface area (Å²) in [7, 11) is 0. The standard InChI is InChI=1S/C15H18F2N2O/c1-9-4-6-15(7-5-9)8-18-13-11(19-14(15)20)3-2-10(16)12(13)17/h2-3,9,18H,4-8H2,1H3,(H,19,20). The molecule has 2 N–H and O–H groups in total. The molecule has 1 aromatic rings. The van der Waals surface area contributed by atoms with Crippen molar-refractivity contribution in [2.24, 2.45) is 11.3 Å². The van der Waals surface area contributed by atoms with Crippen LogP contribution in [0.25, 0.3) is 0 Å². The van der Waals surface area contributed by atoms with E-state index in [1.807, 2.05) is 0 Å². The number of hydrogen-bond acceptors (Lipinski definition) is 2. The van der Waals surface area contributed by atoms with Crippen LogP contribution in [0.3, 0.4) is 0 Å².